The topological polar surface area (TPSA) is 90.6 Å². The highest BCUT2D eigenvalue weighted by Gasteiger charge is 2.30. The summed E-state index contributed by atoms with van der Waals surface area (Å²) in [6.07, 6.45) is 2.10. The number of carbonyl (C=O) groups is 2. The van der Waals surface area contributed by atoms with E-state index in [0.29, 0.717) is 11.0 Å². The van der Waals surface area contributed by atoms with Gasteiger partial charge in [-0.1, -0.05) is 0 Å². The molecule has 1 aliphatic carbocycles. The van der Waals surface area contributed by atoms with E-state index in [1.165, 1.54) is 7.11 Å². The average Bonchev–Trinajstić information content (AvgIpc) is 3.12. The van der Waals surface area contributed by atoms with E-state index in [1.807, 2.05) is 0 Å². The van der Waals surface area contributed by atoms with Crippen molar-refractivity contribution >= 4 is 34.0 Å². The van der Waals surface area contributed by atoms with Gasteiger partial charge >= 0.3 is 11.9 Å². The number of rotatable bonds is 5. The van der Waals surface area contributed by atoms with Gasteiger partial charge in [0.05, 0.1) is 19.4 Å². The van der Waals surface area contributed by atoms with Gasteiger partial charge in [-0.05, 0) is 19.8 Å². The molecule has 3 N–H and O–H groups in total. The highest BCUT2D eigenvalue weighted by molar-refractivity contribution is 7.19. The zero-order valence-corrected chi connectivity index (χ0v) is 11.6. The molecule has 0 radical (unpaired) electrons. The number of esters is 2. The molecule has 1 aromatic heterocycles. The van der Waals surface area contributed by atoms with Crippen LogP contribution in [0.1, 0.15) is 39.8 Å². The molecule has 19 heavy (non-hydrogen) atoms. The molecule has 1 aliphatic rings. The van der Waals surface area contributed by atoms with Crippen LogP contribution in [-0.2, 0) is 9.47 Å². The van der Waals surface area contributed by atoms with Gasteiger partial charge < -0.3 is 20.5 Å². The fraction of sp³-hybridized carbons (Fsp3) is 0.500. The molecule has 0 amide bonds. The Morgan fingerprint density at radius 1 is 1.42 bits per heavy atom. The van der Waals surface area contributed by atoms with E-state index in [-0.39, 0.29) is 22.7 Å². The average molecular weight is 284 g/mol. The first-order valence-corrected chi connectivity index (χ1v) is 6.84. The molecule has 6 nitrogen and oxygen atoms in total. The minimum Gasteiger partial charge on any atom is -0.465 e. The van der Waals surface area contributed by atoms with Gasteiger partial charge in [0.1, 0.15) is 15.4 Å². The van der Waals surface area contributed by atoms with Crippen LogP contribution >= 0.6 is 11.3 Å². The monoisotopic (exact) mass is 284 g/mol. The van der Waals surface area contributed by atoms with Crippen LogP contribution < -0.4 is 11.1 Å². The number of nitrogens with one attached hydrogen (secondary N) is 1. The summed E-state index contributed by atoms with van der Waals surface area (Å²) in [5.74, 6) is -1.06. The lowest BCUT2D eigenvalue weighted by molar-refractivity contribution is 0.0529. The maximum Gasteiger partial charge on any atom is 0.350 e. The van der Waals surface area contributed by atoms with Crippen molar-refractivity contribution in [2.75, 3.05) is 24.8 Å². The van der Waals surface area contributed by atoms with Crippen molar-refractivity contribution in [3.63, 3.8) is 0 Å². The van der Waals surface area contributed by atoms with E-state index < -0.39 is 11.9 Å². The van der Waals surface area contributed by atoms with Gasteiger partial charge in [0.15, 0.2) is 0 Å². The molecular weight excluding hydrogens is 268 g/mol. The zero-order chi connectivity index (χ0) is 14.0. The van der Waals surface area contributed by atoms with Gasteiger partial charge in [-0.15, -0.1) is 11.3 Å². The number of hydrogen-bond acceptors (Lipinski definition) is 7. The second-order valence-corrected chi connectivity index (χ2v) is 5.20. The van der Waals surface area contributed by atoms with E-state index >= 15 is 0 Å². The predicted molar refractivity (Wildman–Crippen MR) is 72.7 cm³/mol. The third kappa shape index (κ3) is 2.81. The minimum atomic E-state index is -0.545. The van der Waals surface area contributed by atoms with Crippen molar-refractivity contribution in [1.29, 1.82) is 0 Å². The third-order valence-corrected chi connectivity index (χ3v) is 3.82. The number of anilines is 2. The smallest absolute Gasteiger partial charge is 0.350 e. The molecule has 0 aliphatic heterocycles. The first-order chi connectivity index (χ1) is 9.08. The Labute approximate surface area is 114 Å². The summed E-state index contributed by atoms with van der Waals surface area (Å²) in [6.45, 7) is 1.97. The molecule has 2 rings (SSSR count). The van der Waals surface area contributed by atoms with Crippen molar-refractivity contribution in [3.8, 4) is 0 Å². The van der Waals surface area contributed by atoms with Gasteiger partial charge in [0.2, 0.25) is 0 Å². The standard InChI is InChI=1S/C12H16N2O4S/c1-3-18-11(15)7-8(13)9(12(16)17-2)19-10(7)14-6-4-5-6/h6,14H,3-5,13H2,1-2H3. The Morgan fingerprint density at radius 2 is 2.11 bits per heavy atom. The number of hydrogen-bond donors (Lipinski definition) is 2. The molecule has 0 spiro atoms. The zero-order valence-electron chi connectivity index (χ0n) is 10.8. The van der Waals surface area contributed by atoms with Gasteiger partial charge in [-0.3, -0.25) is 0 Å². The maximum atomic E-state index is 11.9. The molecule has 0 bridgehead atoms. The van der Waals surface area contributed by atoms with Crippen molar-refractivity contribution in [1.82, 2.24) is 0 Å². The Bertz CT molecular complexity index is 508. The van der Waals surface area contributed by atoms with Gasteiger partial charge in [-0.25, -0.2) is 9.59 Å². The molecule has 1 saturated carbocycles. The Hall–Kier alpha value is -1.76. The van der Waals surface area contributed by atoms with Crippen molar-refractivity contribution in [3.05, 3.63) is 10.4 Å². The summed E-state index contributed by atoms with van der Waals surface area (Å²) in [6, 6.07) is 0.344. The van der Waals surface area contributed by atoms with E-state index in [1.54, 1.807) is 6.92 Å². The van der Waals surface area contributed by atoms with Crippen LogP contribution in [0.15, 0.2) is 0 Å². The van der Waals surface area contributed by atoms with Crippen LogP contribution in [0.25, 0.3) is 0 Å². The second kappa shape index (κ2) is 5.48. The minimum absolute atomic E-state index is 0.124. The van der Waals surface area contributed by atoms with E-state index in [0.717, 1.165) is 24.2 Å². The van der Waals surface area contributed by atoms with Crippen LogP contribution in [-0.4, -0.2) is 31.7 Å². The van der Waals surface area contributed by atoms with Crippen LogP contribution in [0.4, 0.5) is 10.7 Å². The molecule has 7 heteroatoms. The lowest BCUT2D eigenvalue weighted by Gasteiger charge is -2.06. The predicted octanol–water partition coefficient (Wildman–Crippen LogP) is 1.87. The molecular formula is C12H16N2O4S. The quantitative estimate of drug-likeness (QED) is 0.802. The number of thiophene rings is 1. The lowest BCUT2D eigenvalue weighted by Crippen LogP contribution is -2.11. The summed E-state index contributed by atoms with van der Waals surface area (Å²) < 4.78 is 9.63. The second-order valence-electron chi connectivity index (χ2n) is 4.18. The highest BCUT2D eigenvalue weighted by Crippen LogP contribution is 2.39. The largest absolute Gasteiger partial charge is 0.465 e. The Balaban J connectivity index is 2.38. The van der Waals surface area contributed by atoms with Crippen molar-refractivity contribution < 1.29 is 19.1 Å². The number of nitrogens with two attached hydrogens (primary N) is 1. The van der Waals surface area contributed by atoms with Crippen molar-refractivity contribution in [2.24, 2.45) is 0 Å². The summed E-state index contributed by atoms with van der Waals surface area (Å²) in [7, 11) is 1.28. The normalized spacial score (nSPS) is 14.0. The lowest BCUT2D eigenvalue weighted by atomic mass is 10.2. The number of ether oxygens (including phenoxy) is 2. The SMILES string of the molecule is CCOC(=O)c1c(NC2CC2)sc(C(=O)OC)c1N. The molecule has 1 fully saturated rings. The Morgan fingerprint density at radius 3 is 2.63 bits per heavy atom. The van der Waals surface area contributed by atoms with Crippen LogP contribution in [0, 0.1) is 0 Å². The fourth-order valence-electron chi connectivity index (χ4n) is 1.61. The highest BCUT2D eigenvalue weighted by atomic mass is 32.1. The molecule has 1 heterocycles. The summed E-state index contributed by atoms with van der Waals surface area (Å²) in [4.78, 5) is 23.8. The van der Waals surface area contributed by atoms with E-state index in [4.69, 9.17) is 10.5 Å². The number of methoxy groups -OCH3 is 1. The van der Waals surface area contributed by atoms with Crippen molar-refractivity contribution in [2.45, 2.75) is 25.8 Å². The van der Waals surface area contributed by atoms with E-state index in [9.17, 15) is 9.59 Å². The van der Waals surface area contributed by atoms with Gasteiger partial charge in [0, 0.05) is 6.04 Å². The van der Waals surface area contributed by atoms with Gasteiger partial charge in [0.25, 0.3) is 0 Å². The molecule has 0 aromatic carbocycles. The first-order valence-electron chi connectivity index (χ1n) is 6.02. The molecule has 0 atom stereocenters. The molecule has 1 aromatic rings. The number of nitrogen functional groups attached to an aromatic ring is 1. The summed E-state index contributed by atoms with van der Waals surface area (Å²) >= 11 is 1.13. The van der Waals surface area contributed by atoms with Gasteiger partial charge in [-0.2, -0.15) is 0 Å². The summed E-state index contributed by atoms with van der Waals surface area (Å²) in [5.41, 5.74) is 6.24. The van der Waals surface area contributed by atoms with E-state index in [2.05, 4.69) is 10.1 Å². The van der Waals surface area contributed by atoms with Crippen LogP contribution in [0.5, 0.6) is 0 Å². The molecule has 0 unspecified atom stereocenters. The number of carbonyl (C=O) groups excluding carboxylic acids is 2. The van der Waals surface area contributed by atoms with Crippen LogP contribution in [0.3, 0.4) is 0 Å². The maximum absolute atomic E-state index is 11.9. The fourth-order valence-corrected chi connectivity index (χ4v) is 2.71. The molecule has 0 saturated heterocycles. The Kier molecular flexibility index (Phi) is 3.94. The molecule has 104 valence electrons. The first kappa shape index (κ1) is 13.7. The summed E-state index contributed by atoms with van der Waals surface area (Å²) in [5, 5.41) is 3.78. The van der Waals surface area contributed by atoms with Crippen LogP contribution in [0.2, 0.25) is 0 Å². The third-order valence-electron chi connectivity index (χ3n) is 2.71.